The molecular formula is C20H20ClN2O3+. The summed E-state index contributed by atoms with van der Waals surface area (Å²) >= 11 is 6.39. The Labute approximate surface area is 156 Å². The number of nitrogens with two attached hydrogens (primary N) is 1. The third kappa shape index (κ3) is 3.28. The first kappa shape index (κ1) is 18.3. The molecular weight excluding hydrogens is 352 g/mol. The van der Waals surface area contributed by atoms with Gasteiger partial charge in [-0.1, -0.05) is 41.9 Å². The van der Waals surface area contributed by atoms with Crippen molar-refractivity contribution in [2.75, 3.05) is 7.05 Å². The molecule has 1 aliphatic carbocycles. The van der Waals surface area contributed by atoms with Gasteiger partial charge < -0.3 is 5.32 Å². The molecule has 0 radical (unpaired) electrons. The van der Waals surface area contributed by atoms with E-state index in [1.54, 1.807) is 24.3 Å². The molecule has 2 aromatic rings. The van der Waals surface area contributed by atoms with Crippen LogP contribution in [-0.4, -0.2) is 17.8 Å². The van der Waals surface area contributed by atoms with Crippen molar-refractivity contribution in [3.63, 3.8) is 0 Å². The van der Waals surface area contributed by atoms with Crippen LogP contribution < -0.4 is 5.32 Å². The molecule has 2 aromatic carbocycles. The fourth-order valence-corrected chi connectivity index (χ4v) is 3.95. The number of hydrogen-bond acceptors (Lipinski definition) is 3. The third-order valence-corrected chi connectivity index (χ3v) is 5.31. The lowest BCUT2D eigenvalue weighted by Crippen LogP contribution is -2.94. The number of non-ortho nitro benzene ring substituents is 1. The molecule has 6 heteroatoms. The van der Waals surface area contributed by atoms with E-state index in [1.807, 2.05) is 30.6 Å². The Balaban J connectivity index is 2.03. The van der Waals surface area contributed by atoms with Crippen molar-refractivity contribution in [1.29, 1.82) is 0 Å². The van der Waals surface area contributed by atoms with Gasteiger partial charge >= 0.3 is 0 Å². The maximum absolute atomic E-state index is 13.4. The number of halogens is 1. The Morgan fingerprint density at radius 3 is 2.69 bits per heavy atom. The van der Waals surface area contributed by atoms with Crippen LogP contribution in [0.3, 0.4) is 0 Å². The number of nitrogens with zero attached hydrogens (tertiary/aromatic N) is 1. The normalized spacial score (nSPS) is 21.8. The average molecular weight is 372 g/mol. The molecule has 0 unspecified atom stereocenters. The summed E-state index contributed by atoms with van der Waals surface area (Å²) in [6, 6.07) is 13.8. The molecule has 0 amide bonds. The van der Waals surface area contributed by atoms with Crippen LogP contribution in [0.1, 0.15) is 30.4 Å². The van der Waals surface area contributed by atoms with E-state index in [1.165, 1.54) is 12.1 Å². The van der Waals surface area contributed by atoms with Crippen molar-refractivity contribution in [2.24, 2.45) is 0 Å². The van der Waals surface area contributed by atoms with Crippen LogP contribution in [0.15, 0.2) is 54.1 Å². The highest BCUT2D eigenvalue weighted by atomic mass is 35.5. The first-order valence-electron chi connectivity index (χ1n) is 8.53. The number of rotatable bonds is 4. The first-order chi connectivity index (χ1) is 12.5. The van der Waals surface area contributed by atoms with Crippen LogP contribution in [0.25, 0.3) is 6.08 Å². The lowest BCUT2D eigenvalue weighted by atomic mass is 9.73. The number of Topliss-reactive ketones (excluding diaryl/α,β-unsaturated/α-hetero) is 1. The highest BCUT2D eigenvalue weighted by molar-refractivity contribution is 6.32. The van der Waals surface area contributed by atoms with E-state index < -0.39 is 10.5 Å². The van der Waals surface area contributed by atoms with Gasteiger partial charge in [-0.3, -0.25) is 14.9 Å². The van der Waals surface area contributed by atoms with Crippen molar-refractivity contribution in [3.8, 4) is 0 Å². The van der Waals surface area contributed by atoms with Gasteiger partial charge in [0.2, 0.25) is 5.78 Å². The minimum atomic E-state index is -0.747. The van der Waals surface area contributed by atoms with E-state index in [0.717, 1.165) is 12.0 Å². The fraction of sp³-hybridized carbons (Fsp3) is 0.250. The van der Waals surface area contributed by atoms with Crippen LogP contribution in [0.4, 0.5) is 5.69 Å². The Morgan fingerprint density at radius 2 is 2.00 bits per heavy atom. The predicted octanol–water partition coefficient (Wildman–Crippen LogP) is 3.47. The van der Waals surface area contributed by atoms with Gasteiger partial charge in [0.25, 0.3) is 5.69 Å². The SMILES string of the molecule is C[NH2+][C@]1(c2ccccc2Cl)CCC/C(=C/c2cccc([N+](=O)[O-])c2)C1=O. The summed E-state index contributed by atoms with van der Waals surface area (Å²) in [5.74, 6) is 0.0193. The van der Waals surface area contributed by atoms with Crippen LogP contribution in [-0.2, 0) is 10.3 Å². The zero-order chi connectivity index (χ0) is 18.7. The van der Waals surface area contributed by atoms with Gasteiger partial charge in [-0.2, -0.15) is 0 Å². The van der Waals surface area contributed by atoms with Crippen LogP contribution >= 0.6 is 11.6 Å². The number of quaternary nitrogens is 1. The van der Waals surface area contributed by atoms with Crippen LogP contribution in [0.2, 0.25) is 5.02 Å². The zero-order valence-corrected chi connectivity index (χ0v) is 15.2. The molecule has 0 aliphatic heterocycles. The van der Waals surface area contributed by atoms with Crippen LogP contribution in [0.5, 0.6) is 0 Å². The molecule has 0 spiro atoms. The number of carbonyl (C=O) groups excluding carboxylic acids is 1. The molecule has 1 fully saturated rings. The van der Waals surface area contributed by atoms with Gasteiger partial charge in [0.1, 0.15) is 0 Å². The van der Waals surface area contributed by atoms with E-state index in [0.29, 0.717) is 29.0 Å². The maximum Gasteiger partial charge on any atom is 0.270 e. The van der Waals surface area contributed by atoms with Crippen molar-refractivity contribution < 1.29 is 15.0 Å². The van der Waals surface area contributed by atoms with Crippen molar-refractivity contribution in [1.82, 2.24) is 0 Å². The summed E-state index contributed by atoms with van der Waals surface area (Å²) in [5.41, 5.74) is 1.42. The quantitative estimate of drug-likeness (QED) is 0.508. The minimum absolute atomic E-state index is 0.0158. The smallest absolute Gasteiger partial charge is 0.270 e. The van der Waals surface area contributed by atoms with E-state index in [9.17, 15) is 14.9 Å². The predicted molar refractivity (Wildman–Crippen MR) is 101 cm³/mol. The Hall–Kier alpha value is -2.50. The monoisotopic (exact) mass is 371 g/mol. The second kappa shape index (κ2) is 7.40. The average Bonchev–Trinajstić information content (AvgIpc) is 2.64. The molecule has 0 aromatic heterocycles. The number of ketones is 1. The number of nitro benzene ring substituents is 1. The summed E-state index contributed by atoms with van der Waals surface area (Å²) in [5, 5.41) is 13.5. The topological polar surface area (TPSA) is 76.8 Å². The van der Waals surface area contributed by atoms with Gasteiger partial charge in [0.05, 0.1) is 17.0 Å². The summed E-state index contributed by atoms with van der Waals surface area (Å²) in [4.78, 5) is 23.9. The molecule has 0 heterocycles. The number of likely N-dealkylation sites (N-methyl/N-ethyl adjacent to an activating group) is 1. The van der Waals surface area contributed by atoms with Gasteiger partial charge in [0, 0.05) is 29.7 Å². The van der Waals surface area contributed by atoms with Gasteiger partial charge in [-0.05, 0) is 30.5 Å². The molecule has 1 saturated carbocycles. The fourth-order valence-electron chi connectivity index (χ4n) is 3.65. The standard InChI is InChI=1S/C20H19ClN2O3/c1-22-20(17-9-2-3-10-18(17)21)11-5-7-15(19(20)24)12-14-6-4-8-16(13-14)23(25)26/h2-4,6,8-10,12-13,22H,5,7,11H2,1H3/p+1/b15-12-/t20-/m0/s1. The number of nitro groups is 1. The molecule has 3 rings (SSSR count). The summed E-state index contributed by atoms with van der Waals surface area (Å²) in [6.07, 6.45) is 3.98. The van der Waals surface area contributed by atoms with Crippen molar-refractivity contribution >= 4 is 29.1 Å². The molecule has 1 aliphatic rings. The van der Waals surface area contributed by atoms with E-state index in [-0.39, 0.29) is 11.5 Å². The Kier molecular flexibility index (Phi) is 5.20. The van der Waals surface area contributed by atoms with Crippen molar-refractivity contribution in [3.05, 3.63) is 80.4 Å². The Morgan fingerprint density at radius 1 is 1.23 bits per heavy atom. The minimum Gasteiger partial charge on any atom is -0.333 e. The molecule has 26 heavy (non-hydrogen) atoms. The zero-order valence-electron chi connectivity index (χ0n) is 14.4. The van der Waals surface area contributed by atoms with E-state index in [2.05, 4.69) is 0 Å². The second-order valence-corrected chi connectivity index (χ2v) is 6.85. The molecule has 2 N–H and O–H groups in total. The molecule has 1 atom stereocenters. The van der Waals surface area contributed by atoms with Gasteiger partial charge in [-0.25, -0.2) is 0 Å². The third-order valence-electron chi connectivity index (χ3n) is 4.98. The lowest BCUT2D eigenvalue weighted by molar-refractivity contribution is -0.698. The van der Waals surface area contributed by atoms with Crippen molar-refractivity contribution in [2.45, 2.75) is 24.8 Å². The Bertz CT molecular complexity index is 894. The highest BCUT2D eigenvalue weighted by Gasteiger charge is 2.47. The largest absolute Gasteiger partial charge is 0.333 e. The first-order valence-corrected chi connectivity index (χ1v) is 8.91. The highest BCUT2D eigenvalue weighted by Crippen LogP contribution is 2.37. The second-order valence-electron chi connectivity index (χ2n) is 6.44. The maximum atomic E-state index is 13.4. The number of hydrogen-bond donors (Lipinski definition) is 1. The summed E-state index contributed by atoms with van der Waals surface area (Å²) < 4.78 is 0. The van der Waals surface area contributed by atoms with Gasteiger partial charge in [-0.15, -0.1) is 0 Å². The molecule has 0 bridgehead atoms. The van der Waals surface area contributed by atoms with E-state index in [4.69, 9.17) is 11.6 Å². The molecule has 5 nitrogen and oxygen atoms in total. The van der Waals surface area contributed by atoms with E-state index >= 15 is 0 Å². The molecule has 134 valence electrons. The molecule has 0 saturated heterocycles. The van der Waals surface area contributed by atoms with Crippen LogP contribution in [0, 0.1) is 10.1 Å². The summed E-state index contributed by atoms with van der Waals surface area (Å²) in [7, 11) is 1.89. The number of benzene rings is 2. The lowest BCUT2D eigenvalue weighted by Gasteiger charge is -2.34. The summed E-state index contributed by atoms with van der Waals surface area (Å²) in [6.45, 7) is 0. The number of carbonyl (C=O) groups is 1. The van der Waals surface area contributed by atoms with Gasteiger partial charge in [0.15, 0.2) is 5.54 Å².